The van der Waals surface area contributed by atoms with E-state index in [9.17, 15) is 13.2 Å². The maximum Gasteiger partial charge on any atom is 0.251 e. The SMILES string of the molecule is Cc1c(C#CCO)cccc1C(=O)NC1CCS(=O)(=O)C1. The minimum atomic E-state index is -3.02. The van der Waals surface area contributed by atoms with E-state index in [1.165, 1.54) is 0 Å². The molecule has 5 nitrogen and oxygen atoms in total. The normalized spacial score (nSPS) is 19.6. The zero-order valence-electron chi connectivity index (χ0n) is 11.7. The van der Waals surface area contributed by atoms with Gasteiger partial charge in [0.05, 0.1) is 11.5 Å². The number of hydrogen-bond donors (Lipinski definition) is 2. The second-order valence-electron chi connectivity index (χ2n) is 5.01. The largest absolute Gasteiger partial charge is 0.384 e. The van der Waals surface area contributed by atoms with Gasteiger partial charge in [0.1, 0.15) is 6.61 Å². The highest BCUT2D eigenvalue weighted by Crippen LogP contribution is 2.15. The summed E-state index contributed by atoms with van der Waals surface area (Å²) in [5.41, 5.74) is 1.87. The predicted octanol–water partition coefficient (Wildman–Crippen LogP) is 0.256. The molecule has 2 N–H and O–H groups in total. The summed E-state index contributed by atoms with van der Waals surface area (Å²) in [5.74, 6) is 5.17. The molecule has 0 radical (unpaired) electrons. The fourth-order valence-electron chi connectivity index (χ4n) is 2.32. The van der Waals surface area contributed by atoms with Crippen molar-refractivity contribution in [3.8, 4) is 11.8 Å². The first-order chi connectivity index (χ1) is 9.93. The Hall–Kier alpha value is -1.84. The van der Waals surface area contributed by atoms with E-state index in [4.69, 9.17) is 5.11 Å². The van der Waals surface area contributed by atoms with E-state index in [0.717, 1.165) is 5.56 Å². The summed E-state index contributed by atoms with van der Waals surface area (Å²) in [4.78, 5) is 12.3. The van der Waals surface area contributed by atoms with E-state index in [1.807, 2.05) is 0 Å². The highest BCUT2D eigenvalue weighted by atomic mass is 32.2. The third kappa shape index (κ3) is 3.84. The number of aliphatic hydroxyl groups is 1. The van der Waals surface area contributed by atoms with Crippen molar-refractivity contribution in [1.29, 1.82) is 0 Å². The van der Waals surface area contributed by atoms with Gasteiger partial charge in [-0.05, 0) is 31.0 Å². The van der Waals surface area contributed by atoms with Crippen molar-refractivity contribution < 1.29 is 18.3 Å². The van der Waals surface area contributed by atoms with E-state index in [-0.39, 0.29) is 30.1 Å². The molecule has 0 bridgehead atoms. The molecule has 1 unspecified atom stereocenters. The van der Waals surface area contributed by atoms with Crippen LogP contribution < -0.4 is 5.32 Å². The summed E-state index contributed by atoms with van der Waals surface area (Å²) in [5, 5.41) is 11.5. The van der Waals surface area contributed by atoms with Gasteiger partial charge in [0.15, 0.2) is 9.84 Å². The number of amides is 1. The first-order valence-corrected chi connectivity index (χ1v) is 8.46. The van der Waals surface area contributed by atoms with Gasteiger partial charge in [-0.1, -0.05) is 17.9 Å². The van der Waals surface area contributed by atoms with Crippen LogP contribution in [0.5, 0.6) is 0 Å². The molecule has 1 saturated heterocycles. The number of hydrogen-bond acceptors (Lipinski definition) is 4. The lowest BCUT2D eigenvalue weighted by molar-refractivity contribution is 0.0940. The Morgan fingerprint density at radius 3 is 2.86 bits per heavy atom. The smallest absolute Gasteiger partial charge is 0.251 e. The Morgan fingerprint density at radius 1 is 1.48 bits per heavy atom. The van der Waals surface area contributed by atoms with Gasteiger partial charge in [0.2, 0.25) is 0 Å². The van der Waals surface area contributed by atoms with Crippen LogP contribution in [0.3, 0.4) is 0 Å². The van der Waals surface area contributed by atoms with Gasteiger partial charge >= 0.3 is 0 Å². The monoisotopic (exact) mass is 307 g/mol. The number of carbonyl (C=O) groups is 1. The Bertz CT molecular complexity index is 713. The number of sulfone groups is 1. The summed E-state index contributed by atoms with van der Waals surface area (Å²) in [6, 6.07) is 4.84. The topological polar surface area (TPSA) is 83.5 Å². The minimum absolute atomic E-state index is 0.00178. The second-order valence-corrected chi connectivity index (χ2v) is 7.24. The summed E-state index contributed by atoms with van der Waals surface area (Å²) in [6.07, 6.45) is 0.455. The molecule has 1 aliphatic heterocycles. The lowest BCUT2D eigenvalue weighted by Gasteiger charge is -2.13. The van der Waals surface area contributed by atoms with Gasteiger partial charge in [-0.3, -0.25) is 4.79 Å². The number of aliphatic hydroxyl groups excluding tert-OH is 1. The molecular weight excluding hydrogens is 290 g/mol. The lowest BCUT2D eigenvalue weighted by atomic mass is 10.0. The molecule has 112 valence electrons. The molecule has 1 amide bonds. The van der Waals surface area contributed by atoms with Gasteiger partial charge in [-0.2, -0.15) is 0 Å². The minimum Gasteiger partial charge on any atom is -0.384 e. The quantitative estimate of drug-likeness (QED) is 0.768. The number of rotatable bonds is 2. The second kappa shape index (κ2) is 6.29. The Kier molecular flexibility index (Phi) is 4.66. The third-order valence-corrected chi connectivity index (χ3v) is 5.22. The van der Waals surface area contributed by atoms with Gasteiger partial charge in [0.25, 0.3) is 5.91 Å². The number of nitrogens with one attached hydrogen (secondary N) is 1. The molecule has 0 saturated carbocycles. The first kappa shape index (κ1) is 15.5. The van der Waals surface area contributed by atoms with Crippen molar-refractivity contribution in [2.24, 2.45) is 0 Å². The van der Waals surface area contributed by atoms with Crippen LogP contribution in [0.4, 0.5) is 0 Å². The van der Waals surface area contributed by atoms with Gasteiger partial charge in [0, 0.05) is 17.2 Å². The van der Waals surface area contributed by atoms with E-state index in [1.54, 1.807) is 25.1 Å². The Labute approximate surface area is 124 Å². The molecular formula is C15H17NO4S. The Morgan fingerprint density at radius 2 is 2.24 bits per heavy atom. The molecule has 6 heteroatoms. The van der Waals surface area contributed by atoms with Crippen molar-refractivity contribution in [1.82, 2.24) is 5.32 Å². The van der Waals surface area contributed by atoms with E-state index < -0.39 is 9.84 Å². The summed E-state index contributed by atoms with van der Waals surface area (Å²) >= 11 is 0. The zero-order chi connectivity index (χ0) is 15.5. The van der Waals surface area contributed by atoms with Crippen molar-refractivity contribution >= 4 is 15.7 Å². The number of carbonyl (C=O) groups excluding carboxylic acids is 1. The van der Waals surface area contributed by atoms with E-state index in [2.05, 4.69) is 17.2 Å². The standard InChI is InChI=1S/C15H17NO4S/c1-11-12(5-3-8-17)4-2-6-14(11)15(18)16-13-7-9-21(19,20)10-13/h2,4,6,13,17H,7-10H2,1H3,(H,16,18). The van der Waals surface area contributed by atoms with Crippen LogP contribution in [-0.2, 0) is 9.84 Å². The Balaban J connectivity index is 2.16. The first-order valence-electron chi connectivity index (χ1n) is 6.63. The molecule has 21 heavy (non-hydrogen) atoms. The van der Waals surface area contributed by atoms with Crippen molar-refractivity contribution in [2.45, 2.75) is 19.4 Å². The molecule has 1 atom stereocenters. The fourth-order valence-corrected chi connectivity index (χ4v) is 4.00. The average molecular weight is 307 g/mol. The van der Waals surface area contributed by atoms with Crippen LogP contribution in [0, 0.1) is 18.8 Å². The lowest BCUT2D eigenvalue weighted by Crippen LogP contribution is -2.36. The van der Waals surface area contributed by atoms with Crippen LogP contribution in [0.2, 0.25) is 0 Å². The van der Waals surface area contributed by atoms with E-state index >= 15 is 0 Å². The van der Waals surface area contributed by atoms with Crippen molar-refractivity contribution in [3.63, 3.8) is 0 Å². The summed E-state index contributed by atoms with van der Waals surface area (Å²) in [6.45, 7) is 1.54. The molecule has 1 aromatic rings. The van der Waals surface area contributed by atoms with Gasteiger partial charge < -0.3 is 10.4 Å². The molecule has 0 spiro atoms. The number of benzene rings is 1. The van der Waals surface area contributed by atoms with Gasteiger partial charge in [-0.25, -0.2) is 8.42 Å². The van der Waals surface area contributed by atoms with Crippen molar-refractivity contribution in [2.75, 3.05) is 18.1 Å². The maximum absolute atomic E-state index is 12.3. The zero-order valence-corrected chi connectivity index (χ0v) is 12.5. The summed E-state index contributed by atoms with van der Waals surface area (Å²) < 4.78 is 22.8. The molecule has 1 aromatic carbocycles. The molecule has 1 aliphatic rings. The molecule has 0 aliphatic carbocycles. The van der Waals surface area contributed by atoms with Crippen molar-refractivity contribution in [3.05, 3.63) is 34.9 Å². The molecule has 0 aromatic heterocycles. The highest BCUT2D eigenvalue weighted by molar-refractivity contribution is 7.91. The molecule has 1 fully saturated rings. The predicted molar refractivity (Wildman–Crippen MR) is 79.7 cm³/mol. The third-order valence-electron chi connectivity index (χ3n) is 3.45. The van der Waals surface area contributed by atoms with Crippen LogP contribution in [0.1, 0.15) is 27.9 Å². The van der Waals surface area contributed by atoms with Gasteiger partial charge in [-0.15, -0.1) is 0 Å². The van der Waals surface area contributed by atoms with Crippen LogP contribution >= 0.6 is 0 Å². The van der Waals surface area contributed by atoms with Crippen LogP contribution in [0.15, 0.2) is 18.2 Å². The average Bonchev–Trinajstić information content (AvgIpc) is 2.76. The summed E-state index contributed by atoms with van der Waals surface area (Å²) in [7, 11) is -3.02. The maximum atomic E-state index is 12.3. The highest BCUT2D eigenvalue weighted by Gasteiger charge is 2.29. The van der Waals surface area contributed by atoms with E-state index in [0.29, 0.717) is 17.5 Å². The molecule has 1 heterocycles. The fraction of sp³-hybridized carbons (Fsp3) is 0.400. The van der Waals surface area contributed by atoms with Crippen LogP contribution in [-0.4, -0.2) is 43.6 Å². The molecule has 2 rings (SSSR count). The van der Waals surface area contributed by atoms with Crippen LogP contribution in [0.25, 0.3) is 0 Å².